The largest absolute Gasteiger partial charge is 0.493 e. The normalized spacial score (nSPS) is 36.9. The Hall–Kier alpha value is -1.18. The molecule has 0 radical (unpaired) electrons. The van der Waals surface area contributed by atoms with Crippen LogP contribution in [0, 0.1) is 30.1 Å². The molecule has 2 N–H and O–H groups in total. The molecule has 4 fully saturated rings. The molecule has 4 aliphatic rings. The summed E-state index contributed by atoms with van der Waals surface area (Å²) in [6, 6.07) is 5.96. The van der Waals surface area contributed by atoms with Crippen molar-refractivity contribution in [2.45, 2.75) is 51.9 Å². The molecule has 5 rings (SSSR count). The van der Waals surface area contributed by atoms with Gasteiger partial charge in [-0.05, 0) is 98.8 Å². The zero-order valence-corrected chi connectivity index (χ0v) is 13.1. The van der Waals surface area contributed by atoms with Crippen LogP contribution in [0.25, 0.3) is 0 Å². The summed E-state index contributed by atoms with van der Waals surface area (Å²) in [6.07, 6.45) is 10.3. The Morgan fingerprint density at radius 3 is 2.29 bits per heavy atom. The topological polar surface area (TPSA) is 35.2 Å². The lowest BCUT2D eigenvalue weighted by atomic mass is 9.49. The van der Waals surface area contributed by atoms with Gasteiger partial charge in [0.1, 0.15) is 5.75 Å². The smallest absolute Gasteiger partial charge is 0.122 e. The molecule has 2 nitrogen and oxygen atoms in total. The van der Waals surface area contributed by atoms with Crippen molar-refractivity contribution in [2.24, 2.45) is 23.2 Å². The second kappa shape index (κ2) is 4.93. The van der Waals surface area contributed by atoms with Gasteiger partial charge in [0, 0.05) is 5.69 Å². The zero-order valence-electron chi connectivity index (χ0n) is 13.1. The molecular weight excluding hydrogens is 258 g/mol. The molecule has 1 aromatic rings. The lowest BCUT2D eigenvalue weighted by Gasteiger charge is -2.57. The van der Waals surface area contributed by atoms with Crippen molar-refractivity contribution in [1.29, 1.82) is 0 Å². The molecule has 4 bridgehead atoms. The molecular formula is C19H27NO. The molecule has 0 spiro atoms. The number of nitrogens with two attached hydrogens (primary N) is 1. The molecule has 4 saturated carbocycles. The Balaban J connectivity index is 1.38. The van der Waals surface area contributed by atoms with E-state index in [1.54, 1.807) is 0 Å². The Labute approximate surface area is 128 Å². The summed E-state index contributed by atoms with van der Waals surface area (Å²) in [4.78, 5) is 0. The summed E-state index contributed by atoms with van der Waals surface area (Å²) < 4.78 is 6.08. The van der Waals surface area contributed by atoms with Crippen molar-refractivity contribution in [3.63, 3.8) is 0 Å². The van der Waals surface area contributed by atoms with Gasteiger partial charge in [-0.15, -0.1) is 0 Å². The van der Waals surface area contributed by atoms with E-state index in [-0.39, 0.29) is 0 Å². The number of hydrogen-bond acceptors (Lipinski definition) is 2. The fourth-order valence-corrected chi connectivity index (χ4v) is 5.81. The van der Waals surface area contributed by atoms with Gasteiger partial charge in [-0.3, -0.25) is 0 Å². The highest BCUT2D eigenvalue weighted by molar-refractivity contribution is 5.47. The van der Waals surface area contributed by atoms with E-state index in [1.807, 2.05) is 18.2 Å². The lowest BCUT2D eigenvalue weighted by molar-refractivity contribution is -0.0623. The van der Waals surface area contributed by atoms with Crippen molar-refractivity contribution in [1.82, 2.24) is 0 Å². The molecule has 0 aliphatic heterocycles. The highest BCUT2D eigenvalue weighted by Crippen LogP contribution is 2.61. The number of aryl methyl sites for hydroxylation is 1. The van der Waals surface area contributed by atoms with Crippen LogP contribution in [0.15, 0.2) is 18.2 Å². The van der Waals surface area contributed by atoms with Crippen LogP contribution in [0.2, 0.25) is 0 Å². The van der Waals surface area contributed by atoms with E-state index in [2.05, 4.69) is 6.92 Å². The molecule has 21 heavy (non-hydrogen) atoms. The number of rotatable bonds is 4. The van der Waals surface area contributed by atoms with Crippen molar-refractivity contribution < 1.29 is 4.74 Å². The second-order valence-electron chi connectivity index (χ2n) is 8.04. The standard InChI is InChI=1S/C19H27NO/c1-13-6-17(20)2-3-18(13)21-5-4-19-10-14-7-15(11-19)9-16(8-14)12-19/h2-3,6,14-16H,4-5,7-12,20H2,1H3. The van der Waals surface area contributed by atoms with Crippen LogP contribution in [0.5, 0.6) is 5.75 Å². The molecule has 1 aromatic carbocycles. The van der Waals surface area contributed by atoms with E-state index in [9.17, 15) is 0 Å². The van der Waals surface area contributed by atoms with Crippen molar-refractivity contribution in [2.75, 3.05) is 12.3 Å². The molecule has 0 unspecified atom stereocenters. The third-order valence-electron chi connectivity index (χ3n) is 6.25. The fraction of sp³-hybridized carbons (Fsp3) is 0.684. The SMILES string of the molecule is Cc1cc(N)ccc1OCCC12CC3CC(CC(C3)C1)C2. The molecule has 0 saturated heterocycles. The van der Waals surface area contributed by atoms with Gasteiger partial charge >= 0.3 is 0 Å². The Morgan fingerprint density at radius 1 is 1.10 bits per heavy atom. The highest BCUT2D eigenvalue weighted by atomic mass is 16.5. The van der Waals surface area contributed by atoms with Gasteiger partial charge in [0.15, 0.2) is 0 Å². The van der Waals surface area contributed by atoms with Crippen LogP contribution in [0.3, 0.4) is 0 Å². The minimum absolute atomic E-state index is 0.621. The van der Waals surface area contributed by atoms with E-state index in [0.717, 1.165) is 41.4 Å². The predicted molar refractivity (Wildman–Crippen MR) is 86.3 cm³/mol. The quantitative estimate of drug-likeness (QED) is 0.823. The number of anilines is 1. The van der Waals surface area contributed by atoms with Crippen molar-refractivity contribution in [3.8, 4) is 5.75 Å². The van der Waals surface area contributed by atoms with Gasteiger partial charge in [-0.25, -0.2) is 0 Å². The van der Waals surface area contributed by atoms with Crippen molar-refractivity contribution >= 4 is 5.69 Å². The minimum atomic E-state index is 0.621. The maximum atomic E-state index is 6.08. The van der Waals surface area contributed by atoms with Crippen LogP contribution in [0.4, 0.5) is 5.69 Å². The van der Waals surface area contributed by atoms with E-state index >= 15 is 0 Å². The van der Waals surface area contributed by atoms with Gasteiger partial charge in [0.05, 0.1) is 6.61 Å². The maximum absolute atomic E-state index is 6.08. The summed E-state index contributed by atoms with van der Waals surface area (Å²) in [5.74, 6) is 4.12. The van der Waals surface area contributed by atoms with Crippen LogP contribution < -0.4 is 10.5 Å². The van der Waals surface area contributed by atoms with E-state index < -0.39 is 0 Å². The van der Waals surface area contributed by atoms with Crippen molar-refractivity contribution in [3.05, 3.63) is 23.8 Å². The maximum Gasteiger partial charge on any atom is 0.122 e. The molecule has 0 amide bonds. The van der Waals surface area contributed by atoms with Gasteiger partial charge < -0.3 is 10.5 Å². The Morgan fingerprint density at radius 2 is 1.71 bits per heavy atom. The van der Waals surface area contributed by atoms with Crippen LogP contribution in [0.1, 0.15) is 50.5 Å². The fourth-order valence-electron chi connectivity index (χ4n) is 5.81. The first-order valence-corrected chi connectivity index (χ1v) is 8.61. The first-order valence-electron chi connectivity index (χ1n) is 8.61. The predicted octanol–water partition coefficient (Wildman–Crippen LogP) is 4.56. The van der Waals surface area contributed by atoms with Gasteiger partial charge in [0.25, 0.3) is 0 Å². The molecule has 2 heteroatoms. The van der Waals surface area contributed by atoms with Gasteiger partial charge in [0.2, 0.25) is 0 Å². The molecule has 114 valence electrons. The number of ether oxygens (including phenoxy) is 1. The van der Waals surface area contributed by atoms with E-state index in [1.165, 1.54) is 44.9 Å². The molecule has 0 atom stereocenters. The third-order valence-corrected chi connectivity index (χ3v) is 6.25. The second-order valence-corrected chi connectivity index (χ2v) is 8.04. The van der Waals surface area contributed by atoms with Crippen LogP contribution in [-0.2, 0) is 0 Å². The highest BCUT2D eigenvalue weighted by Gasteiger charge is 2.50. The Bertz CT molecular complexity index is 501. The van der Waals surface area contributed by atoms with Crippen LogP contribution >= 0.6 is 0 Å². The molecule has 4 aliphatic carbocycles. The zero-order chi connectivity index (χ0) is 14.4. The molecule has 0 aromatic heterocycles. The average molecular weight is 285 g/mol. The number of nitrogen functional groups attached to an aromatic ring is 1. The van der Waals surface area contributed by atoms with Gasteiger partial charge in [-0.1, -0.05) is 0 Å². The first kappa shape index (κ1) is 13.5. The number of hydrogen-bond donors (Lipinski definition) is 1. The summed E-state index contributed by atoms with van der Waals surface area (Å²) in [6.45, 7) is 2.95. The first-order chi connectivity index (χ1) is 10.1. The van der Waals surface area contributed by atoms with E-state index in [4.69, 9.17) is 10.5 Å². The van der Waals surface area contributed by atoms with Gasteiger partial charge in [-0.2, -0.15) is 0 Å². The van der Waals surface area contributed by atoms with Crippen LogP contribution in [-0.4, -0.2) is 6.61 Å². The summed E-state index contributed by atoms with van der Waals surface area (Å²) in [5.41, 5.74) is 8.40. The Kier molecular flexibility index (Phi) is 3.16. The summed E-state index contributed by atoms with van der Waals surface area (Å²) in [5, 5.41) is 0. The monoisotopic (exact) mass is 285 g/mol. The third kappa shape index (κ3) is 2.54. The summed E-state index contributed by atoms with van der Waals surface area (Å²) >= 11 is 0. The lowest BCUT2D eigenvalue weighted by Crippen LogP contribution is -2.46. The minimum Gasteiger partial charge on any atom is -0.493 e. The van der Waals surface area contributed by atoms with E-state index in [0.29, 0.717) is 5.41 Å². The molecule has 0 heterocycles. The average Bonchev–Trinajstić information content (AvgIpc) is 2.39. The number of benzene rings is 1. The summed E-state index contributed by atoms with van der Waals surface area (Å²) in [7, 11) is 0.